The van der Waals surface area contributed by atoms with Crippen molar-refractivity contribution >= 4 is 28.4 Å². The Morgan fingerprint density at radius 1 is 1.30 bits per heavy atom. The van der Waals surface area contributed by atoms with Gasteiger partial charge in [0.2, 0.25) is 0 Å². The first kappa shape index (κ1) is 21.8. The van der Waals surface area contributed by atoms with E-state index in [1.807, 2.05) is 6.92 Å². The summed E-state index contributed by atoms with van der Waals surface area (Å²) in [7, 11) is 0. The number of carbonyl (C=O) groups is 2. The van der Waals surface area contributed by atoms with Gasteiger partial charge in [-0.2, -0.15) is 5.26 Å². The minimum absolute atomic E-state index is 0.224. The summed E-state index contributed by atoms with van der Waals surface area (Å²) in [6.45, 7) is 5.77. The Labute approximate surface area is 178 Å². The van der Waals surface area contributed by atoms with Crippen molar-refractivity contribution < 1.29 is 24.2 Å². The van der Waals surface area contributed by atoms with Gasteiger partial charge < -0.3 is 14.6 Å². The third-order valence-corrected chi connectivity index (χ3v) is 6.09. The van der Waals surface area contributed by atoms with Gasteiger partial charge in [0.15, 0.2) is 0 Å². The number of aromatic carboxylic acids is 1. The molecule has 3 rings (SSSR count). The molecule has 1 fully saturated rings. The number of amides is 1. The quantitative estimate of drug-likeness (QED) is 0.695. The summed E-state index contributed by atoms with van der Waals surface area (Å²) in [5, 5.41) is 21.7. The standard InChI is InChI=1S/C21H23N3O5S/c1-14-17(13-22)19(23-21(27)29-11-8-24-6-9-28-10-7-24)30-18(14)12-15-2-4-16(5-3-15)20(25)26/h2-5H,6-12H2,1H3,(H,23,27)(H,25,26). The van der Waals surface area contributed by atoms with Crippen LogP contribution in [0.3, 0.4) is 0 Å². The van der Waals surface area contributed by atoms with Crippen molar-refractivity contribution in [2.24, 2.45) is 0 Å². The molecule has 2 heterocycles. The van der Waals surface area contributed by atoms with E-state index in [9.17, 15) is 14.9 Å². The second-order valence-corrected chi connectivity index (χ2v) is 7.97. The molecule has 1 aliphatic rings. The van der Waals surface area contributed by atoms with Gasteiger partial charge in [0, 0.05) is 30.9 Å². The fraction of sp³-hybridized carbons (Fsp3) is 0.381. The number of anilines is 1. The molecule has 0 aliphatic carbocycles. The van der Waals surface area contributed by atoms with Gasteiger partial charge in [-0.1, -0.05) is 12.1 Å². The highest BCUT2D eigenvalue weighted by Gasteiger charge is 2.18. The normalized spacial score (nSPS) is 14.1. The summed E-state index contributed by atoms with van der Waals surface area (Å²) in [5.74, 6) is -0.973. The lowest BCUT2D eigenvalue weighted by Crippen LogP contribution is -2.38. The summed E-state index contributed by atoms with van der Waals surface area (Å²) in [5.41, 5.74) is 2.37. The van der Waals surface area contributed by atoms with Crippen LogP contribution in [-0.2, 0) is 15.9 Å². The van der Waals surface area contributed by atoms with E-state index in [1.165, 1.54) is 11.3 Å². The number of carboxylic acid groups (broad SMARTS) is 1. The number of thiophene rings is 1. The zero-order valence-electron chi connectivity index (χ0n) is 16.6. The van der Waals surface area contributed by atoms with Crippen molar-refractivity contribution in [3.63, 3.8) is 0 Å². The Kier molecular flexibility index (Phi) is 7.41. The van der Waals surface area contributed by atoms with E-state index in [-0.39, 0.29) is 12.2 Å². The predicted octanol–water partition coefficient (Wildman–Crippen LogP) is 3.10. The first-order chi connectivity index (χ1) is 14.5. The minimum atomic E-state index is -0.973. The van der Waals surface area contributed by atoms with Crippen LogP contribution < -0.4 is 5.32 Å². The van der Waals surface area contributed by atoms with Crippen molar-refractivity contribution in [1.29, 1.82) is 5.26 Å². The van der Waals surface area contributed by atoms with Crippen molar-refractivity contribution in [2.75, 3.05) is 44.8 Å². The molecule has 2 N–H and O–H groups in total. The van der Waals surface area contributed by atoms with Gasteiger partial charge in [0.25, 0.3) is 0 Å². The number of benzene rings is 1. The van der Waals surface area contributed by atoms with Gasteiger partial charge in [0.05, 0.1) is 24.3 Å². The molecule has 2 aromatic rings. The highest BCUT2D eigenvalue weighted by atomic mass is 32.1. The Morgan fingerprint density at radius 2 is 2.00 bits per heavy atom. The molecular formula is C21H23N3O5S. The fourth-order valence-electron chi connectivity index (χ4n) is 3.12. The molecule has 158 valence electrons. The predicted molar refractivity (Wildman–Crippen MR) is 112 cm³/mol. The lowest BCUT2D eigenvalue weighted by Gasteiger charge is -2.26. The summed E-state index contributed by atoms with van der Waals surface area (Å²) >= 11 is 1.33. The van der Waals surface area contributed by atoms with Crippen molar-refractivity contribution in [2.45, 2.75) is 13.3 Å². The Hall–Kier alpha value is -2.93. The monoisotopic (exact) mass is 429 g/mol. The number of ether oxygens (including phenoxy) is 2. The smallest absolute Gasteiger partial charge is 0.412 e. The fourth-order valence-corrected chi connectivity index (χ4v) is 4.30. The molecule has 0 spiro atoms. The van der Waals surface area contributed by atoms with Gasteiger partial charge in [-0.15, -0.1) is 11.3 Å². The zero-order valence-corrected chi connectivity index (χ0v) is 17.5. The van der Waals surface area contributed by atoms with Crippen LogP contribution in [0, 0.1) is 18.3 Å². The first-order valence-electron chi connectivity index (χ1n) is 9.56. The zero-order chi connectivity index (χ0) is 21.5. The van der Waals surface area contributed by atoms with E-state index >= 15 is 0 Å². The van der Waals surface area contributed by atoms with Crippen LogP contribution >= 0.6 is 11.3 Å². The highest BCUT2D eigenvalue weighted by molar-refractivity contribution is 7.16. The molecule has 1 aromatic carbocycles. The van der Waals surface area contributed by atoms with Gasteiger partial charge in [-0.3, -0.25) is 10.2 Å². The van der Waals surface area contributed by atoms with Crippen molar-refractivity contribution in [3.05, 3.63) is 51.4 Å². The van der Waals surface area contributed by atoms with Crippen LogP contribution in [0.1, 0.15) is 31.9 Å². The summed E-state index contributed by atoms with van der Waals surface area (Å²) in [6, 6.07) is 8.76. The second-order valence-electron chi connectivity index (χ2n) is 6.86. The van der Waals surface area contributed by atoms with E-state index in [0.29, 0.717) is 36.7 Å². The molecule has 8 nitrogen and oxygen atoms in total. The maximum atomic E-state index is 12.2. The molecule has 0 bridgehead atoms. The van der Waals surface area contributed by atoms with Gasteiger partial charge >= 0.3 is 12.1 Å². The number of hydrogen-bond acceptors (Lipinski definition) is 7. The molecule has 0 saturated carbocycles. The highest BCUT2D eigenvalue weighted by Crippen LogP contribution is 2.34. The van der Waals surface area contributed by atoms with E-state index in [4.69, 9.17) is 14.6 Å². The number of nitriles is 1. The van der Waals surface area contributed by atoms with Crippen molar-refractivity contribution in [1.82, 2.24) is 4.90 Å². The van der Waals surface area contributed by atoms with Crippen LogP contribution in [0.5, 0.6) is 0 Å². The number of carboxylic acids is 1. The van der Waals surface area contributed by atoms with Gasteiger partial charge in [-0.25, -0.2) is 9.59 Å². The van der Waals surface area contributed by atoms with Crippen LogP contribution in [0.4, 0.5) is 9.80 Å². The average molecular weight is 429 g/mol. The number of nitrogens with one attached hydrogen (secondary N) is 1. The molecule has 1 aromatic heterocycles. The Balaban J connectivity index is 1.60. The molecule has 9 heteroatoms. The molecule has 1 aliphatic heterocycles. The van der Waals surface area contributed by atoms with Crippen LogP contribution in [0.2, 0.25) is 0 Å². The average Bonchev–Trinajstić information content (AvgIpc) is 3.03. The first-order valence-corrected chi connectivity index (χ1v) is 10.4. The Bertz CT molecular complexity index is 943. The second kappa shape index (κ2) is 10.2. The summed E-state index contributed by atoms with van der Waals surface area (Å²) < 4.78 is 10.5. The number of hydrogen-bond donors (Lipinski definition) is 2. The number of morpholine rings is 1. The maximum absolute atomic E-state index is 12.2. The van der Waals surface area contributed by atoms with E-state index < -0.39 is 12.1 Å². The maximum Gasteiger partial charge on any atom is 0.412 e. The van der Waals surface area contributed by atoms with E-state index in [0.717, 1.165) is 29.1 Å². The number of rotatable bonds is 7. The lowest BCUT2D eigenvalue weighted by molar-refractivity contribution is 0.0290. The summed E-state index contributed by atoms with van der Waals surface area (Å²) in [4.78, 5) is 26.2. The molecule has 30 heavy (non-hydrogen) atoms. The van der Waals surface area contributed by atoms with Gasteiger partial charge in [0.1, 0.15) is 17.7 Å². The largest absolute Gasteiger partial charge is 0.478 e. The van der Waals surface area contributed by atoms with Crippen LogP contribution in [-0.4, -0.2) is 61.5 Å². The minimum Gasteiger partial charge on any atom is -0.478 e. The Morgan fingerprint density at radius 3 is 2.63 bits per heavy atom. The van der Waals surface area contributed by atoms with Crippen molar-refractivity contribution in [3.8, 4) is 6.07 Å². The number of nitrogens with zero attached hydrogens (tertiary/aromatic N) is 2. The third kappa shape index (κ3) is 5.57. The van der Waals surface area contributed by atoms with Gasteiger partial charge in [-0.05, 0) is 30.2 Å². The molecule has 1 saturated heterocycles. The summed E-state index contributed by atoms with van der Waals surface area (Å²) in [6.07, 6.45) is -0.0443. The van der Waals surface area contributed by atoms with Crippen LogP contribution in [0.25, 0.3) is 0 Å². The molecule has 0 atom stereocenters. The van der Waals surface area contributed by atoms with Crippen LogP contribution in [0.15, 0.2) is 24.3 Å². The molecule has 0 radical (unpaired) electrons. The third-order valence-electron chi connectivity index (χ3n) is 4.88. The lowest BCUT2D eigenvalue weighted by atomic mass is 10.0. The SMILES string of the molecule is Cc1c(Cc2ccc(C(=O)O)cc2)sc(NC(=O)OCCN2CCOCC2)c1C#N. The van der Waals surface area contributed by atoms with E-state index in [1.54, 1.807) is 24.3 Å². The molecule has 1 amide bonds. The van der Waals surface area contributed by atoms with E-state index in [2.05, 4.69) is 16.3 Å². The molecular weight excluding hydrogens is 406 g/mol. The molecule has 0 unspecified atom stereocenters. The number of carbonyl (C=O) groups excluding carboxylic acids is 1. The topological polar surface area (TPSA) is 112 Å².